The third-order valence-electron chi connectivity index (χ3n) is 3.41. The van der Waals surface area contributed by atoms with Crippen molar-refractivity contribution in [1.82, 2.24) is 0 Å². The van der Waals surface area contributed by atoms with E-state index < -0.39 is 0 Å². The van der Waals surface area contributed by atoms with Crippen molar-refractivity contribution in [2.75, 3.05) is 5.32 Å². The first-order chi connectivity index (χ1) is 11.0. The second kappa shape index (κ2) is 7.61. The zero-order valence-electron chi connectivity index (χ0n) is 13.0. The molecule has 2 aromatic rings. The highest BCUT2D eigenvalue weighted by atomic mass is 35.5. The van der Waals surface area contributed by atoms with Crippen LogP contribution in [0.3, 0.4) is 0 Å². The highest BCUT2D eigenvalue weighted by Gasteiger charge is 2.06. The maximum atomic E-state index is 11.4. The van der Waals surface area contributed by atoms with Crippen LogP contribution in [-0.2, 0) is 4.79 Å². The molecule has 0 atom stereocenters. The predicted octanol–water partition coefficient (Wildman–Crippen LogP) is 5.55. The molecule has 116 valence electrons. The van der Waals surface area contributed by atoms with Gasteiger partial charge < -0.3 is 5.32 Å². The normalized spacial score (nSPS) is 11.0. The number of benzene rings is 2. The van der Waals surface area contributed by atoms with Gasteiger partial charge in [0.2, 0.25) is 5.91 Å². The number of rotatable bonds is 5. The first kappa shape index (κ1) is 16.8. The van der Waals surface area contributed by atoms with E-state index in [4.69, 9.17) is 11.6 Å². The molecule has 0 saturated heterocycles. The Morgan fingerprint density at radius 1 is 1.13 bits per heavy atom. The molecule has 0 unspecified atom stereocenters. The van der Waals surface area contributed by atoms with Crippen LogP contribution in [0.1, 0.15) is 11.1 Å². The first-order valence-electron chi connectivity index (χ1n) is 7.18. The van der Waals surface area contributed by atoms with Gasteiger partial charge in [-0.2, -0.15) is 0 Å². The van der Waals surface area contributed by atoms with E-state index in [1.165, 1.54) is 6.08 Å². The standard InChI is InChI=1S/C20H18ClNO/c1-4-7-19(21)18-13-16(11-10-14(18)3)15-8-6-9-17(12-15)22-20(23)5-2/h4-13H,1-2H2,3H3,(H,22,23)/b19-7+. The monoisotopic (exact) mass is 323 g/mol. The molecule has 0 saturated carbocycles. The zero-order chi connectivity index (χ0) is 16.8. The van der Waals surface area contributed by atoms with Gasteiger partial charge in [0.1, 0.15) is 0 Å². The van der Waals surface area contributed by atoms with Gasteiger partial charge in [0, 0.05) is 10.7 Å². The van der Waals surface area contributed by atoms with E-state index in [2.05, 4.69) is 18.5 Å². The van der Waals surface area contributed by atoms with Crippen molar-refractivity contribution in [3.05, 3.63) is 85.0 Å². The summed E-state index contributed by atoms with van der Waals surface area (Å²) >= 11 is 6.31. The van der Waals surface area contributed by atoms with Gasteiger partial charge in [-0.25, -0.2) is 0 Å². The molecular formula is C20H18ClNO. The first-order valence-corrected chi connectivity index (χ1v) is 7.56. The number of halogens is 1. The van der Waals surface area contributed by atoms with Gasteiger partial charge in [-0.05, 0) is 59.5 Å². The third-order valence-corrected chi connectivity index (χ3v) is 3.74. The Morgan fingerprint density at radius 3 is 2.57 bits per heavy atom. The maximum Gasteiger partial charge on any atom is 0.247 e. The van der Waals surface area contributed by atoms with Crippen LogP contribution < -0.4 is 5.32 Å². The lowest BCUT2D eigenvalue weighted by molar-refractivity contribution is -0.111. The summed E-state index contributed by atoms with van der Waals surface area (Å²) in [6.07, 6.45) is 4.69. The van der Waals surface area contributed by atoms with Gasteiger partial charge in [-0.3, -0.25) is 4.79 Å². The quantitative estimate of drug-likeness (QED) is 0.567. The van der Waals surface area contributed by atoms with Crippen LogP contribution in [0, 0.1) is 6.92 Å². The van der Waals surface area contributed by atoms with Crippen LogP contribution in [-0.4, -0.2) is 5.91 Å². The molecular weight excluding hydrogens is 306 g/mol. The SMILES string of the molecule is C=C/C=C(/Cl)c1cc(-c2cccc(NC(=O)C=C)c2)ccc1C. The van der Waals surface area contributed by atoms with Gasteiger partial charge in [0.25, 0.3) is 0 Å². The van der Waals surface area contributed by atoms with Crippen molar-refractivity contribution in [2.24, 2.45) is 0 Å². The van der Waals surface area contributed by atoms with Crippen molar-refractivity contribution in [3.63, 3.8) is 0 Å². The lowest BCUT2D eigenvalue weighted by Crippen LogP contribution is -2.06. The second-order valence-electron chi connectivity index (χ2n) is 5.05. The summed E-state index contributed by atoms with van der Waals surface area (Å²) < 4.78 is 0. The Kier molecular flexibility index (Phi) is 5.56. The van der Waals surface area contributed by atoms with Crippen molar-refractivity contribution in [2.45, 2.75) is 6.92 Å². The molecule has 0 spiro atoms. The average molecular weight is 324 g/mol. The minimum Gasteiger partial charge on any atom is -0.323 e. The molecule has 0 radical (unpaired) electrons. The van der Waals surface area contributed by atoms with Crippen molar-refractivity contribution in [1.29, 1.82) is 0 Å². The molecule has 23 heavy (non-hydrogen) atoms. The van der Waals surface area contributed by atoms with Crippen LogP contribution in [0.25, 0.3) is 16.2 Å². The number of carbonyl (C=O) groups excluding carboxylic acids is 1. The molecule has 1 amide bonds. The summed E-state index contributed by atoms with van der Waals surface area (Å²) in [5.41, 5.74) is 4.80. The molecule has 0 aromatic heterocycles. The molecule has 0 aliphatic carbocycles. The summed E-state index contributed by atoms with van der Waals surface area (Å²) in [6, 6.07) is 13.7. The van der Waals surface area contributed by atoms with Crippen LogP contribution >= 0.6 is 11.6 Å². The molecule has 0 heterocycles. The summed E-state index contributed by atoms with van der Waals surface area (Å²) in [5, 5.41) is 3.41. The Hall–Kier alpha value is -2.58. The van der Waals surface area contributed by atoms with Gasteiger partial charge in [0.15, 0.2) is 0 Å². The Labute approximate surface area is 141 Å². The molecule has 3 heteroatoms. The minimum atomic E-state index is -0.233. The summed E-state index contributed by atoms with van der Waals surface area (Å²) in [4.78, 5) is 11.4. The summed E-state index contributed by atoms with van der Waals surface area (Å²) in [5.74, 6) is -0.233. The van der Waals surface area contributed by atoms with E-state index in [9.17, 15) is 4.79 Å². The highest BCUT2D eigenvalue weighted by molar-refractivity contribution is 6.49. The molecule has 0 aliphatic heterocycles. The number of anilines is 1. The molecule has 2 rings (SSSR count). The van der Waals surface area contributed by atoms with Gasteiger partial charge in [-0.1, -0.05) is 55.1 Å². The lowest BCUT2D eigenvalue weighted by Gasteiger charge is -2.10. The topological polar surface area (TPSA) is 29.1 Å². The fourth-order valence-corrected chi connectivity index (χ4v) is 2.51. The van der Waals surface area contributed by atoms with E-state index in [0.29, 0.717) is 5.03 Å². The molecule has 0 fully saturated rings. The zero-order valence-corrected chi connectivity index (χ0v) is 13.7. The number of nitrogens with one attached hydrogen (secondary N) is 1. The fourth-order valence-electron chi connectivity index (χ4n) is 2.22. The number of hydrogen-bond acceptors (Lipinski definition) is 1. The van der Waals surface area contributed by atoms with Crippen LogP contribution in [0.15, 0.2) is 73.9 Å². The van der Waals surface area contributed by atoms with Crippen LogP contribution in [0.4, 0.5) is 5.69 Å². The molecule has 2 nitrogen and oxygen atoms in total. The lowest BCUT2D eigenvalue weighted by atomic mass is 9.99. The van der Waals surface area contributed by atoms with Crippen molar-refractivity contribution < 1.29 is 4.79 Å². The van der Waals surface area contributed by atoms with E-state index in [-0.39, 0.29) is 5.91 Å². The van der Waals surface area contributed by atoms with E-state index in [0.717, 1.165) is 27.9 Å². The number of hydrogen-bond donors (Lipinski definition) is 1. The smallest absolute Gasteiger partial charge is 0.247 e. The largest absolute Gasteiger partial charge is 0.323 e. The Morgan fingerprint density at radius 2 is 1.87 bits per heavy atom. The van der Waals surface area contributed by atoms with Gasteiger partial charge >= 0.3 is 0 Å². The van der Waals surface area contributed by atoms with Crippen molar-refractivity contribution >= 4 is 28.2 Å². The second-order valence-corrected chi connectivity index (χ2v) is 5.46. The van der Waals surface area contributed by atoms with E-state index >= 15 is 0 Å². The number of aryl methyl sites for hydroxylation is 1. The Balaban J connectivity index is 2.42. The number of amides is 1. The van der Waals surface area contributed by atoms with Crippen LogP contribution in [0.2, 0.25) is 0 Å². The van der Waals surface area contributed by atoms with Gasteiger partial charge in [0.05, 0.1) is 0 Å². The fraction of sp³-hybridized carbons (Fsp3) is 0.0500. The Bertz CT molecular complexity index is 790. The maximum absolute atomic E-state index is 11.4. The highest BCUT2D eigenvalue weighted by Crippen LogP contribution is 2.29. The molecule has 0 aliphatic rings. The number of allylic oxidation sites excluding steroid dienone is 2. The average Bonchev–Trinajstić information content (AvgIpc) is 2.55. The summed E-state index contributed by atoms with van der Waals surface area (Å²) in [6.45, 7) is 9.14. The van der Waals surface area contributed by atoms with Crippen molar-refractivity contribution in [3.8, 4) is 11.1 Å². The van der Waals surface area contributed by atoms with Crippen LogP contribution in [0.5, 0.6) is 0 Å². The third kappa shape index (κ3) is 4.21. The minimum absolute atomic E-state index is 0.233. The molecule has 0 bridgehead atoms. The number of carbonyl (C=O) groups is 1. The summed E-state index contributed by atoms with van der Waals surface area (Å²) in [7, 11) is 0. The molecule has 1 N–H and O–H groups in total. The molecule has 2 aromatic carbocycles. The van der Waals surface area contributed by atoms with Gasteiger partial charge in [-0.15, -0.1) is 0 Å². The van der Waals surface area contributed by atoms with E-state index in [1.807, 2.05) is 49.4 Å². The predicted molar refractivity (Wildman–Crippen MR) is 99.5 cm³/mol. The van der Waals surface area contributed by atoms with E-state index in [1.54, 1.807) is 12.2 Å².